The second-order valence-corrected chi connectivity index (χ2v) is 5.32. The predicted octanol–water partition coefficient (Wildman–Crippen LogP) is 3.06. The smallest absolute Gasteiger partial charge is 0.335 e. The van der Waals surface area contributed by atoms with Crippen LogP contribution in [0.25, 0.3) is 0 Å². The van der Waals surface area contributed by atoms with Crippen LogP contribution in [0.4, 0.5) is 0 Å². The number of nitrogens with zero attached hydrogens (tertiary/aromatic N) is 1. The van der Waals surface area contributed by atoms with Crippen LogP contribution in [-0.2, 0) is 21.0 Å². The molecule has 1 atom stereocenters. The third-order valence-corrected chi connectivity index (χ3v) is 3.77. The van der Waals surface area contributed by atoms with Crippen LogP contribution in [0.1, 0.15) is 44.2 Å². The van der Waals surface area contributed by atoms with Gasteiger partial charge in [0.05, 0.1) is 20.8 Å². The molecule has 0 aromatic heterocycles. The molecule has 0 saturated heterocycles. The number of unbranched alkanes of at least 4 members (excludes halogenated alkanes) is 1. The number of benzene rings is 1. The van der Waals surface area contributed by atoms with Gasteiger partial charge in [-0.15, -0.1) is 0 Å². The number of carbonyl (C=O) groups is 1. The van der Waals surface area contributed by atoms with Crippen molar-refractivity contribution in [2.75, 3.05) is 14.2 Å². The van der Waals surface area contributed by atoms with Crippen LogP contribution < -0.4 is 9.47 Å². The summed E-state index contributed by atoms with van der Waals surface area (Å²) >= 11 is 0. The van der Waals surface area contributed by atoms with Crippen molar-refractivity contribution in [3.05, 3.63) is 23.3 Å². The SMILES string of the molecule is CCCCC(=O)O/N=C1\c2ccc(OC)c(OC)c2COC1C. The van der Waals surface area contributed by atoms with E-state index in [4.69, 9.17) is 19.0 Å². The lowest BCUT2D eigenvalue weighted by Gasteiger charge is -2.26. The van der Waals surface area contributed by atoms with E-state index in [9.17, 15) is 4.79 Å². The molecule has 1 aromatic rings. The molecule has 1 heterocycles. The number of hydrogen-bond acceptors (Lipinski definition) is 6. The van der Waals surface area contributed by atoms with Gasteiger partial charge in [0.15, 0.2) is 11.5 Å². The van der Waals surface area contributed by atoms with Crippen molar-refractivity contribution in [1.29, 1.82) is 0 Å². The number of fused-ring (bicyclic) bond motifs is 1. The lowest BCUT2D eigenvalue weighted by molar-refractivity contribution is -0.143. The maximum atomic E-state index is 11.7. The Hall–Kier alpha value is -2.08. The van der Waals surface area contributed by atoms with E-state index < -0.39 is 0 Å². The van der Waals surface area contributed by atoms with E-state index in [-0.39, 0.29) is 12.1 Å². The zero-order chi connectivity index (χ0) is 16.8. The van der Waals surface area contributed by atoms with Gasteiger partial charge in [0.1, 0.15) is 11.8 Å². The molecule has 0 fully saturated rings. The molecule has 126 valence electrons. The third-order valence-electron chi connectivity index (χ3n) is 3.77. The molecule has 6 nitrogen and oxygen atoms in total. The maximum absolute atomic E-state index is 11.7. The molecule has 1 aliphatic heterocycles. The Bertz CT molecular complexity index is 597. The van der Waals surface area contributed by atoms with Crippen LogP contribution in [0.5, 0.6) is 11.5 Å². The quantitative estimate of drug-likeness (QED) is 0.595. The standard InChI is InChI=1S/C17H23NO5/c1-5-6-7-15(19)23-18-16-11(2)22-10-13-12(16)8-9-14(20-3)17(13)21-4/h8-9,11H,5-7,10H2,1-4H3/b18-16-. The van der Waals surface area contributed by atoms with Crippen LogP contribution >= 0.6 is 0 Å². The lowest BCUT2D eigenvalue weighted by Crippen LogP contribution is -2.29. The first-order valence-corrected chi connectivity index (χ1v) is 7.75. The average molecular weight is 321 g/mol. The van der Waals surface area contributed by atoms with Crippen molar-refractivity contribution in [2.45, 2.75) is 45.8 Å². The van der Waals surface area contributed by atoms with Gasteiger partial charge in [-0.3, -0.25) is 0 Å². The van der Waals surface area contributed by atoms with Crippen molar-refractivity contribution in [3.8, 4) is 11.5 Å². The zero-order valence-electron chi connectivity index (χ0n) is 14.0. The minimum absolute atomic E-state index is 0.264. The van der Waals surface area contributed by atoms with Gasteiger partial charge < -0.3 is 19.0 Å². The molecule has 0 amide bonds. The Morgan fingerprint density at radius 2 is 2.13 bits per heavy atom. The van der Waals surface area contributed by atoms with E-state index in [2.05, 4.69) is 5.16 Å². The number of ether oxygens (including phenoxy) is 3. The third kappa shape index (κ3) is 3.82. The van der Waals surface area contributed by atoms with Crippen LogP contribution in [0.3, 0.4) is 0 Å². The molecule has 2 rings (SSSR count). The molecule has 0 spiro atoms. The van der Waals surface area contributed by atoms with Gasteiger partial charge in [-0.25, -0.2) is 4.79 Å². The summed E-state index contributed by atoms with van der Waals surface area (Å²) in [6, 6.07) is 3.69. The largest absolute Gasteiger partial charge is 0.493 e. The van der Waals surface area contributed by atoms with E-state index in [0.717, 1.165) is 24.0 Å². The Morgan fingerprint density at radius 3 is 2.78 bits per heavy atom. The van der Waals surface area contributed by atoms with Crippen molar-refractivity contribution in [2.24, 2.45) is 5.16 Å². The normalized spacial score (nSPS) is 18.4. The molecule has 0 saturated carbocycles. The fourth-order valence-corrected chi connectivity index (χ4v) is 2.47. The zero-order valence-corrected chi connectivity index (χ0v) is 14.0. The molecule has 0 bridgehead atoms. The topological polar surface area (TPSA) is 66.4 Å². The maximum Gasteiger partial charge on any atom is 0.335 e. The summed E-state index contributed by atoms with van der Waals surface area (Å²) in [5, 5.41) is 4.04. The molecule has 0 radical (unpaired) electrons. The molecule has 1 unspecified atom stereocenters. The lowest BCUT2D eigenvalue weighted by atomic mass is 9.96. The van der Waals surface area contributed by atoms with E-state index in [1.165, 1.54) is 0 Å². The number of rotatable bonds is 6. The predicted molar refractivity (Wildman–Crippen MR) is 86.0 cm³/mol. The highest BCUT2D eigenvalue weighted by molar-refractivity contribution is 6.06. The summed E-state index contributed by atoms with van der Waals surface area (Å²) in [4.78, 5) is 16.7. The van der Waals surface area contributed by atoms with Crippen molar-refractivity contribution < 1.29 is 23.8 Å². The van der Waals surface area contributed by atoms with Gasteiger partial charge in [0, 0.05) is 17.5 Å². The van der Waals surface area contributed by atoms with Crippen LogP contribution in [0, 0.1) is 0 Å². The summed E-state index contributed by atoms with van der Waals surface area (Å²) in [6.45, 7) is 4.28. The Morgan fingerprint density at radius 1 is 1.35 bits per heavy atom. The van der Waals surface area contributed by atoms with Gasteiger partial charge in [-0.2, -0.15) is 0 Å². The first-order valence-electron chi connectivity index (χ1n) is 7.75. The number of methoxy groups -OCH3 is 2. The van der Waals surface area contributed by atoms with Crippen LogP contribution in [0.15, 0.2) is 17.3 Å². The van der Waals surface area contributed by atoms with E-state index in [1.54, 1.807) is 14.2 Å². The molecule has 23 heavy (non-hydrogen) atoms. The van der Waals surface area contributed by atoms with Gasteiger partial charge in [0.25, 0.3) is 0 Å². The van der Waals surface area contributed by atoms with Gasteiger partial charge in [-0.1, -0.05) is 18.5 Å². The highest BCUT2D eigenvalue weighted by atomic mass is 16.7. The minimum atomic E-state index is -0.334. The van der Waals surface area contributed by atoms with Crippen LogP contribution in [-0.4, -0.2) is 32.0 Å². The summed E-state index contributed by atoms with van der Waals surface area (Å²) < 4.78 is 16.4. The van der Waals surface area contributed by atoms with Gasteiger partial charge in [0.2, 0.25) is 0 Å². The first-order chi connectivity index (χ1) is 11.1. The second-order valence-electron chi connectivity index (χ2n) is 5.32. The fourth-order valence-electron chi connectivity index (χ4n) is 2.47. The van der Waals surface area contributed by atoms with E-state index in [1.807, 2.05) is 26.0 Å². The van der Waals surface area contributed by atoms with Crippen molar-refractivity contribution >= 4 is 11.7 Å². The highest BCUT2D eigenvalue weighted by Gasteiger charge is 2.28. The van der Waals surface area contributed by atoms with E-state index >= 15 is 0 Å². The summed E-state index contributed by atoms with van der Waals surface area (Å²) in [7, 11) is 3.17. The molecular weight excluding hydrogens is 298 g/mol. The number of oxime groups is 1. The molecule has 0 aliphatic carbocycles. The van der Waals surface area contributed by atoms with Crippen molar-refractivity contribution in [1.82, 2.24) is 0 Å². The molecular formula is C17H23NO5. The fraction of sp³-hybridized carbons (Fsp3) is 0.529. The number of carbonyl (C=O) groups excluding carboxylic acids is 1. The molecule has 6 heteroatoms. The summed E-state index contributed by atoms with van der Waals surface area (Å²) in [6.07, 6.45) is 1.82. The summed E-state index contributed by atoms with van der Waals surface area (Å²) in [5.41, 5.74) is 2.27. The Balaban J connectivity index is 2.31. The monoisotopic (exact) mass is 321 g/mol. The first kappa shape index (κ1) is 17.3. The van der Waals surface area contributed by atoms with E-state index in [0.29, 0.717) is 30.2 Å². The van der Waals surface area contributed by atoms with Gasteiger partial charge >= 0.3 is 5.97 Å². The minimum Gasteiger partial charge on any atom is -0.493 e. The number of hydrogen-bond donors (Lipinski definition) is 0. The molecule has 1 aliphatic rings. The second kappa shape index (κ2) is 7.97. The average Bonchev–Trinajstić information content (AvgIpc) is 2.57. The van der Waals surface area contributed by atoms with Crippen molar-refractivity contribution in [3.63, 3.8) is 0 Å². The molecule has 1 aromatic carbocycles. The Kier molecular flexibility index (Phi) is 5.98. The highest BCUT2D eigenvalue weighted by Crippen LogP contribution is 2.37. The van der Waals surface area contributed by atoms with Crippen LogP contribution in [0.2, 0.25) is 0 Å². The summed E-state index contributed by atoms with van der Waals surface area (Å²) in [5.74, 6) is 0.907. The molecule has 0 N–H and O–H groups in total. The Labute approximate surface area is 136 Å². The van der Waals surface area contributed by atoms with Gasteiger partial charge in [-0.05, 0) is 25.5 Å².